The van der Waals surface area contributed by atoms with Crippen molar-refractivity contribution in [2.75, 3.05) is 11.3 Å². The molecule has 0 aliphatic rings. The minimum Gasteiger partial charge on any atom is -0.462 e. The van der Waals surface area contributed by atoms with Crippen LogP contribution in [0.15, 0.2) is 57.9 Å². The molecule has 7 nitrogen and oxygen atoms in total. The highest BCUT2D eigenvalue weighted by Crippen LogP contribution is 2.31. The van der Waals surface area contributed by atoms with Crippen molar-refractivity contribution in [3.05, 3.63) is 64.7 Å². The van der Waals surface area contributed by atoms with Gasteiger partial charge in [-0.2, -0.15) is 0 Å². The van der Waals surface area contributed by atoms with Crippen molar-refractivity contribution in [1.82, 2.24) is 5.16 Å². The van der Waals surface area contributed by atoms with Crippen LogP contribution in [0, 0.1) is 6.92 Å². The number of hydrogen-bond acceptors (Lipinski definition) is 6. The Kier molecular flexibility index (Phi) is 5.71. The fourth-order valence-corrected chi connectivity index (χ4v) is 3.58. The van der Waals surface area contributed by atoms with Gasteiger partial charge in [-0.05, 0) is 38.1 Å². The molecule has 9 heteroatoms. The summed E-state index contributed by atoms with van der Waals surface area (Å²) in [4.78, 5) is 12.5. The number of halogens is 1. The number of aryl methyl sites for hydroxylation is 1. The Morgan fingerprint density at radius 3 is 2.39 bits per heavy atom. The lowest BCUT2D eigenvalue weighted by atomic mass is 10.1. The molecule has 0 saturated heterocycles. The van der Waals surface area contributed by atoms with E-state index >= 15 is 0 Å². The van der Waals surface area contributed by atoms with Crippen LogP contribution in [0.2, 0.25) is 5.02 Å². The molecule has 146 valence electrons. The van der Waals surface area contributed by atoms with E-state index in [0.717, 1.165) is 5.56 Å². The van der Waals surface area contributed by atoms with Crippen LogP contribution in [0.25, 0.3) is 11.3 Å². The number of hydrogen-bond donors (Lipinski definition) is 1. The summed E-state index contributed by atoms with van der Waals surface area (Å²) in [5.41, 5.74) is 1.48. The van der Waals surface area contributed by atoms with E-state index < -0.39 is 16.0 Å². The number of ether oxygens (including phenoxy) is 1. The van der Waals surface area contributed by atoms with Gasteiger partial charge in [0, 0.05) is 10.6 Å². The van der Waals surface area contributed by atoms with E-state index in [9.17, 15) is 13.2 Å². The first-order valence-corrected chi connectivity index (χ1v) is 10.2. The first-order chi connectivity index (χ1) is 13.3. The molecule has 1 N–H and O–H groups in total. The number of rotatable bonds is 6. The van der Waals surface area contributed by atoms with Crippen molar-refractivity contribution in [3.8, 4) is 11.3 Å². The fraction of sp³-hybridized carbons (Fsp3) is 0.158. The zero-order valence-electron chi connectivity index (χ0n) is 15.1. The average molecular weight is 421 g/mol. The number of aromatic nitrogens is 1. The van der Waals surface area contributed by atoms with Crippen LogP contribution >= 0.6 is 11.6 Å². The molecule has 28 heavy (non-hydrogen) atoms. The molecule has 0 aliphatic heterocycles. The van der Waals surface area contributed by atoms with Gasteiger partial charge in [0.05, 0.1) is 11.5 Å². The SMILES string of the molecule is CCOC(=O)c1c(-c2ccc(Cl)cc2)noc1NS(=O)(=O)c1ccc(C)cc1. The van der Waals surface area contributed by atoms with Crippen LogP contribution in [-0.2, 0) is 14.8 Å². The second kappa shape index (κ2) is 8.04. The van der Waals surface area contributed by atoms with E-state index in [4.69, 9.17) is 20.9 Å². The highest BCUT2D eigenvalue weighted by atomic mass is 35.5. The summed E-state index contributed by atoms with van der Waals surface area (Å²) in [6.07, 6.45) is 0. The van der Waals surface area contributed by atoms with Gasteiger partial charge in [0.15, 0.2) is 5.56 Å². The standard InChI is InChI=1S/C19H17ClN2O5S/c1-3-26-19(23)16-17(13-6-8-14(20)9-7-13)21-27-18(16)22-28(24,25)15-10-4-12(2)5-11-15/h4-11,22H,3H2,1-2H3. The maximum atomic E-state index is 12.7. The zero-order valence-corrected chi connectivity index (χ0v) is 16.7. The summed E-state index contributed by atoms with van der Waals surface area (Å²) in [5.74, 6) is -1.07. The predicted octanol–water partition coefficient (Wildman–Crippen LogP) is 4.28. The smallest absolute Gasteiger partial charge is 0.346 e. The Hall–Kier alpha value is -2.84. The van der Waals surface area contributed by atoms with Gasteiger partial charge >= 0.3 is 5.97 Å². The molecule has 0 radical (unpaired) electrons. The molecule has 0 amide bonds. The Morgan fingerprint density at radius 2 is 1.79 bits per heavy atom. The van der Waals surface area contributed by atoms with Crippen molar-refractivity contribution in [2.45, 2.75) is 18.7 Å². The van der Waals surface area contributed by atoms with Crippen LogP contribution in [0.4, 0.5) is 5.88 Å². The van der Waals surface area contributed by atoms with Crippen molar-refractivity contribution in [2.24, 2.45) is 0 Å². The zero-order chi connectivity index (χ0) is 20.3. The fourth-order valence-electron chi connectivity index (χ4n) is 2.46. The lowest BCUT2D eigenvalue weighted by Gasteiger charge is -2.08. The third-order valence-electron chi connectivity index (χ3n) is 3.85. The van der Waals surface area contributed by atoms with Crippen molar-refractivity contribution >= 4 is 33.5 Å². The van der Waals surface area contributed by atoms with E-state index in [1.165, 1.54) is 12.1 Å². The minimum absolute atomic E-state index is 0.0253. The van der Waals surface area contributed by atoms with E-state index in [0.29, 0.717) is 10.6 Å². The number of esters is 1. The molecule has 0 unspecified atom stereocenters. The van der Waals surface area contributed by atoms with Gasteiger partial charge in [0.2, 0.25) is 0 Å². The molecular weight excluding hydrogens is 404 g/mol. The lowest BCUT2D eigenvalue weighted by molar-refractivity contribution is 0.0528. The summed E-state index contributed by atoms with van der Waals surface area (Å²) in [7, 11) is -3.99. The maximum absolute atomic E-state index is 12.7. The van der Waals surface area contributed by atoms with Crippen molar-refractivity contribution in [1.29, 1.82) is 0 Å². The average Bonchev–Trinajstić information content (AvgIpc) is 3.06. The predicted molar refractivity (Wildman–Crippen MR) is 105 cm³/mol. The normalized spacial score (nSPS) is 11.2. The van der Waals surface area contributed by atoms with Gasteiger partial charge in [-0.25, -0.2) is 17.9 Å². The molecule has 2 aromatic carbocycles. The summed E-state index contributed by atoms with van der Waals surface area (Å²) in [5, 5.41) is 4.37. The molecule has 0 aliphatic carbocycles. The summed E-state index contributed by atoms with van der Waals surface area (Å²) < 4.78 is 37.8. The molecule has 0 spiro atoms. The minimum atomic E-state index is -3.99. The second-order valence-corrected chi connectivity index (χ2v) is 8.00. The molecule has 3 rings (SSSR count). The maximum Gasteiger partial charge on any atom is 0.346 e. The molecule has 1 aromatic heterocycles. The van der Waals surface area contributed by atoms with E-state index in [2.05, 4.69) is 9.88 Å². The Morgan fingerprint density at radius 1 is 1.14 bits per heavy atom. The molecule has 0 atom stereocenters. The number of sulfonamides is 1. The Balaban J connectivity index is 2.04. The molecule has 0 fully saturated rings. The number of carbonyl (C=O) groups excluding carboxylic acids is 1. The number of anilines is 1. The molecule has 3 aromatic rings. The first-order valence-electron chi connectivity index (χ1n) is 8.34. The highest BCUT2D eigenvalue weighted by molar-refractivity contribution is 7.92. The van der Waals surface area contributed by atoms with Crippen molar-refractivity contribution in [3.63, 3.8) is 0 Å². The lowest BCUT2D eigenvalue weighted by Crippen LogP contribution is -2.15. The van der Waals surface area contributed by atoms with Gasteiger partial charge in [0.25, 0.3) is 15.9 Å². The second-order valence-electron chi connectivity index (χ2n) is 5.88. The van der Waals surface area contributed by atoms with Gasteiger partial charge in [0.1, 0.15) is 5.69 Å². The molecule has 1 heterocycles. The van der Waals surface area contributed by atoms with Crippen LogP contribution in [0.5, 0.6) is 0 Å². The van der Waals surface area contributed by atoms with Crippen LogP contribution < -0.4 is 4.72 Å². The van der Waals surface area contributed by atoms with Gasteiger partial charge in [-0.1, -0.05) is 46.6 Å². The quantitative estimate of drug-likeness (QED) is 0.597. The van der Waals surface area contributed by atoms with Crippen LogP contribution in [0.1, 0.15) is 22.8 Å². The molecule has 0 bridgehead atoms. The first kappa shape index (κ1) is 19.9. The van der Waals surface area contributed by atoms with E-state index in [1.807, 2.05) is 6.92 Å². The van der Waals surface area contributed by atoms with E-state index in [-0.39, 0.29) is 28.6 Å². The third kappa shape index (κ3) is 4.18. The van der Waals surface area contributed by atoms with Gasteiger partial charge < -0.3 is 9.26 Å². The van der Waals surface area contributed by atoms with Crippen LogP contribution in [-0.4, -0.2) is 26.2 Å². The topological polar surface area (TPSA) is 98.5 Å². The van der Waals surface area contributed by atoms with Gasteiger partial charge in [-0.15, -0.1) is 0 Å². The van der Waals surface area contributed by atoms with Gasteiger partial charge in [-0.3, -0.25) is 0 Å². The molecule has 0 saturated carbocycles. The summed E-state index contributed by atoms with van der Waals surface area (Å²) in [6, 6.07) is 12.8. The third-order valence-corrected chi connectivity index (χ3v) is 5.45. The summed E-state index contributed by atoms with van der Waals surface area (Å²) >= 11 is 5.90. The Bertz CT molecular complexity index is 1090. The summed E-state index contributed by atoms with van der Waals surface area (Å²) in [6.45, 7) is 3.59. The van der Waals surface area contributed by atoms with Crippen molar-refractivity contribution < 1.29 is 22.5 Å². The highest BCUT2D eigenvalue weighted by Gasteiger charge is 2.28. The number of nitrogens with zero attached hydrogens (tertiary/aromatic N) is 1. The Labute approximate surface area is 167 Å². The monoisotopic (exact) mass is 420 g/mol. The number of benzene rings is 2. The van der Waals surface area contributed by atoms with E-state index in [1.54, 1.807) is 43.3 Å². The molecular formula is C19H17ClN2O5S. The largest absolute Gasteiger partial charge is 0.462 e. The number of carbonyl (C=O) groups is 1. The van der Waals surface area contributed by atoms with Crippen LogP contribution in [0.3, 0.4) is 0 Å². The number of nitrogens with one attached hydrogen (secondary N) is 1.